The average molecular weight is 521 g/mol. The normalized spacial score (nSPS) is 14.3. The molecule has 1 aromatic rings. The third-order valence-electron chi connectivity index (χ3n) is 5.95. The number of halogens is 3. The van der Waals surface area contributed by atoms with Gasteiger partial charge in [0.05, 0.1) is 0 Å². The number of hydrogen-bond acceptors (Lipinski definition) is 5. The van der Waals surface area contributed by atoms with Crippen LogP contribution in [0.4, 0.5) is 13.2 Å². The highest BCUT2D eigenvalue weighted by molar-refractivity contribution is 7.88. The van der Waals surface area contributed by atoms with Gasteiger partial charge in [-0.2, -0.15) is 21.6 Å². The number of hydrogen-bond donors (Lipinski definition) is 1. The van der Waals surface area contributed by atoms with Crippen molar-refractivity contribution in [3.8, 4) is 5.75 Å². The summed E-state index contributed by atoms with van der Waals surface area (Å²) in [6, 6.07) is 4.46. The molecule has 1 aromatic carbocycles. The molecule has 0 fully saturated rings. The number of carbonyl (C=O) groups is 1. The zero-order valence-corrected chi connectivity index (χ0v) is 22.5. The summed E-state index contributed by atoms with van der Waals surface area (Å²) in [7, 11) is -5.75. The summed E-state index contributed by atoms with van der Waals surface area (Å²) in [4.78, 5) is 12.9. The van der Waals surface area contributed by atoms with Crippen molar-refractivity contribution in [2.24, 2.45) is 5.41 Å². The molecule has 0 saturated carbocycles. The number of ketones is 1. The molecule has 0 aromatic heterocycles. The Bertz CT molecular complexity index is 1040. The smallest absolute Gasteiger partial charge is 0.376 e. The lowest BCUT2D eigenvalue weighted by Crippen LogP contribution is -2.28. The van der Waals surface area contributed by atoms with Gasteiger partial charge in [0.1, 0.15) is 11.5 Å². The molecule has 0 radical (unpaired) electrons. The number of benzene rings is 1. The van der Waals surface area contributed by atoms with Gasteiger partial charge in [-0.05, 0) is 61.3 Å². The lowest BCUT2D eigenvalue weighted by atomic mass is 9.74. The first-order valence-electron chi connectivity index (χ1n) is 11.1. The summed E-state index contributed by atoms with van der Waals surface area (Å²) in [5, 5.41) is 0. The molecule has 0 bridgehead atoms. The van der Waals surface area contributed by atoms with Crippen LogP contribution in [0, 0.1) is 12.3 Å². The van der Waals surface area contributed by atoms with Crippen LogP contribution in [0.5, 0.6) is 5.75 Å². The Kier molecular flexibility index (Phi) is 10.1. The number of thiol groups is 1. The number of rotatable bonds is 10. The van der Waals surface area contributed by atoms with Crippen LogP contribution in [0.15, 0.2) is 40.8 Å². The summed E-state index contributed by atoms with van der Waals surface area (Å²) in [5.74, 6) is -0.181. The standard InChI is InChI=1S/C25H35F3O4S2/c1-8-24(9-2,22(33)15-17(3)11-10-12-21(29)23(5,6)7)19-13-14-20(18(4)16-19)32-34(30,31)25(26,27)28/h11,13-16,33H,8-10,12H2,1-7H3/b17-11+,22-15-. The molecule has 0 saturated heterocycles. The highest BCUT2D eigenvalue weighted by atomic mass is 32.2. The van der Waals surface area contributed by atoms with E-state index in [-0.39, 0.29) is 22.5 Å². The van der Waals surface area contributed by atoms with Gasteiger partial charge in [0.15, 0.2) is 0 Å². The Morgan fingerprint density at radius 1 is 1.12 bits per heavy atom. The second-order valence-electron chi connectivity index (χ2n) is 9.44. The second-order valence-corrected chi connectivity index (χ2v) is 11.5. The van der Waals surface area contributed by atoms with Crippen LogP contribution in [-0.4, -0.2) is 19.7 Å². The minimum atomic E-state index is -5.75. The predicted octanol–water partition coefficient (Wildman–Crippen LogP) is 7.44. The SMILES string of the molecule is CCC(CC)(/C(S)=C/C(C)=C/CCC(=O)C(C)(C)C)c1ccc(OS(=O)(=O)C(F)(F)F)c(C)c1. The van der Waals surface area contributed by atoms with E-state index in [4.69, 9.17) is 12.6 Å². The van der Waals surface area contributed by atoms with E-state index in [1.165, 1.54) is 13.0 Å². The fraction of sp³-hybridized carbons (Fsp3) is 0.560. The van der Waals surface area contributed by atoms with Gasteiger partial charge in [0, 0.05) is 17.3 Å². The van der Waals surface area contributed by atoms with Gasteiger partial charge < -0.3 is 4.18 Å². The maximum Gasteiger partial charge on any atom is 0.534 e. The van der Waals surface area contributed by atoms with Gasteiger partial charge in [-0.3, -0.25) is 4.79 Å². The van der Waals surface area contributed by atoms with E-state index in [0.717, 1.165) is 16.0 Å². The van der Waals surface area contributed by atoms with Crippen molar-refractivity contribution in [3.63, 3.8) is 0 Å². The Hall–Kier alpha value is -1.74. The lowest BCUT2D eigenvalue weighted by molar-refractivity contribution is -0.126. The van der Waals surface area contributed by atoms with E-state index in [1.54, 1.807) is 12.1 Å². The zero-order chi connectivity index (χ0) is 26.5. The molecule has 0 heterocycles. The number of Topliss-reactive ketones (excluding diaryl/α,β-unsaturated/α-hetero) is 1. The number of aryl methyl sites for hydroxylation is 1. The second kappa shape index (κ2) is 11.3. The number of carbonyl (C=O) groups excluding carboxylic acids is 1. The molecule has 0 aliphatic carbocycles. The van der Waals surface area contributed by atoms with E-state index in [0.29, 0.717) is 25.7 Å². The van der Waals surface area contributed by atoms with E-state index >= 15 is 0 Å². The molecule has 192 valence electrons. The number of allylic oxidation sites excluding steroid dienone is 4. The fourth-order valence-electron chi connectivity index (χ4n) is 3.59. The van der Waals surface area contributed by atoms with Crippen molar-refractivity contribution < 1.29 is 30.6 Å². The van der Waals surface area contributed by atoms with Crippen LogP contribution < -0.4 is 4.18 Å². The highest BCUT2D eigenvalue weighted by Crippen LogP contribution is 2.43. The summed E-state index contributed by atoms with van der Waals surface area (Å²) in [6.07, 6.45) is 6.31. The Labute approximate surface area is 207 Å². The summed E-state index contributed by atoms with van der Waals surface area (Å²) >= 11 is 4.77. The quantitative estimate of drug-likeness (QED) is 0.151. The third-order valence-corrected chi connectivity index (χ3v) is 7.47. The molecule has 4 nitrogen and oxygen atoms in total. The van der Waals surface area contributed by atoms with Crippen LogP contribution in [0.2, 0.25) is 0 Å². The fourth-order valence-corrected chi connectivity index (χ4v) is 4.76. The lowest BCUT2D eigenvalue weighted by Gasteiger charge is -2.34. The number of alkyl halides is 3. The van der Waals surface area contributed by atoms with Gasteiger partial charge in [-0.15, -0.1) is 12.6 Å². The minimum absolute atomic E-state index is 0.188. The van der Waals surface area contributed by atoms with E-state index < -0.39 is 21.0 Å². The molecule has 0 spiro atoms. The topological polar surface area (TPSA) is 60.4 Å². The zero-order valence-electron chi connectivity index (χ0n) is 20.8. The monoisotopic (exact) mass is 520 g/mol. The first kappa shape index (κ1) is 30.3. The molecule has 0 N–H and O–H groups in total. The van der Waals surface area contributed by atoms with Crippen molar-refractivity contribution in [2.45, 2.75) is 85.1 Å². The van der Waals surface area contributed by atoms with Gasteiger partial charge in [0.2, 0.25) is 0 Å². The van der Waals surface area contributed by atoms with Crippen LogP contribution in [0.1, 0.15) is 78.4 Å². The van der Waals surface area contributed by atoms with Gasteiger partial charge in [-0.1, -0.05) is 58.4 Å². The van der Waals surface area contributed by atoms with Crippen molar-refractivity contribution in [1.82, 2.24) is 0 Å². The molecule has 0 aliphatic rings. The predicted molar refractivity (Wildman–Crippen MR) is 134 cm³/mol. The van der Waals surface area contributed by atoms with Crippen LogP contribution in [-0.2, 0) is 20.3 Å². The van der Waals surface area contributed by atoms with E-state index in [1.807, 2.05) is 53.7 Å². The molecule has 34 heavy (non-hydrogen) atoms. The molecular weight excluding hydrogens is 485 g/mol. The summed E-state index contributed by atoms with van der Waals surface area (Å²) in [5.41, 5.74) is -4.39. The third kappa shape index (κ3) is 7.38. The Morgan fingerprint density at radius 3 is 2.12 bits per heavy atom. The van der Waals surface area contributed by atoms with Crippen molar-refractivity contribution in [1.29, 1.82) is 0 Å². The summed E-state index contributed by atoms with van der Waals surface area (Å²) < 4.78 is 65.2. The molecule has 1 rings (SSSR count). The van der Waals surface area contributed by atoms with Gasteiger partial charge in [0.25, 0.3) is 0 Å². The van der Waals surface area contributed by atoms with Crippen molar-refractivity contribution >= 4 is 28.5 Å². The van der Waals surface area contributed by atoms with E-state index in [2.05, 4.69) is 4.18 Å². The summed E-state index contributed by atoms with van der Waals surface area (Å²) in [6.45, 7) is 13.1. The minimum Gasteiger partial charge on any atom is -0.376 e. The van der Waals surface area contributed by atoms with Gasteiger partial charge >= 0.3 is 15.6 Å². The van der Waals surface area contributed by atoms with Gasteiger partial charge in [-0.25, -0.2) is 0 Å². The van der Waals surface area contributed by atoms with Crippen LogP contribution in [0.25, 0.3) is 0 Å². The average Bonchev–Trinajstić information content (AvgIpc) is 2.69. The first-order chi connectivity index (χ1) is 15.4. The maximum atomic E-state index is 12.7. The molecular formula is C25H35F3O4S2. The van der Waals surface area contributed by atoms with E-state index in [9.17, 15) is 26.4 Å². The van der Waals surface area contributed by atoms with Crippen LogP contribution >= 0.6 is 12.6 Å². The molecule has 0 aliphatic heterocycles. The molecule has 0 amide bonds. The molecule has 0 atom stereocenters. The molecule has 0 unspecified atom stereocenters. The Morgan fingerprint density at radius 2 is 1.68 bits per heavy atom. The molecule has 9 heteroatoms. The maximum absolute atomic E-state index is 12.7. The Balaban J connectivity index is 3.25. The largest absolute Gasteiger partial charge is 0.534 e. The highest BCUT2D eigenvalue weighted by Gasteiger charge is 2.48. The van der Waals surface area contributed by atoms with Crippen molar-refractivity contribution in [2.75, 3.05) is 0 Å². The van der Waals surface area contributed by atoms with Crippen molar-refractivity contribution in [3.05, 3.63) is 52.0 Å². The first-order valence-corrected chi connectivity index (χ1v) is 13.0. The van der Waals surface area contributed by atoms with Crippen LogP contribution in [0.3, 0.4) is 0 Å².